The van der Waals surface area contributed by atoms with E-state index in [4.69, 9.17) is 4.74 Å². The topological polar surface area (TPSA) is 41.6 Å². The molecule has 1 aliphatic rings. The Bertz CT molecular complexity index is 167. The first kappa shape index (κ1) is 10.5. The lowest BCUT2D eigenvalue weighted by atomic mass is 10.3. The average molecular weight is 186 g/mol. The maximum Gasteiger partial charge on any atom is 0.242 e. The second-order valence-electron chi connectivity index (χ2n) is 3.33. The summed E-state index contributed by atoms with van der Waals surface area (Å²) in [5.74, 6) is 0.168. The van der Waals surface area contributed by atoms with Crippen LogP contribution in [-0.2, 0) is 9.53 Å². The number of ether oxygens (including phenoxy) is 1. The van der Waals surface area contributed by atoms with Crippen molar-refractivity contribution in [3.63, 3.8) is 0 Å². The van der Waals surface area contributed by atoms with Crippen LogP contribution >= 0.6 is 0 Å². The Morgan fingerprint density at radius 1 is 1.54 bits per heavy atom. The molecule has 0 spiro atoms. The summed E-state index contributed by atoms with van der Waals surface area (Å²) in [4.78, 5) is 13.7. The highest BCUT2D eigenvalue weighted by Crippen LogP contribution is 2.08. The number of nitrogens with zero attached hydrogens (tertiary/aromatic N) is 1. The van der Waals surface area contributed by atoms with Gasteiger partial charge in [-0.3, -0.25) is 4.79 Å². The van der Waals surface area contributed by atoms with E-state index in [-0.39, 0.29) is 11.9 Å². The monoisotopic (exact) mass is 186 g/mol. The molecule has 1 aliphatic heterocycles. The van der Waals surface area contributed by atoms with Crippen LogP contribution < -0.4 is 5.32 Å². The molecular weight excluding hydrogens is 168 g/mol. The molecule has 0 aromatic carbocycles. The Morgan fingerprint density at radius 2 is 2.15 bits per heavy atom. The predicted octanol–water partition coefficient (Wildman–Crippen LogP) is -0.157. The minimum absolute atomic E-state index is 0.168. The number of likely N-dealkylation sites (tertiary alicyclic amines) is 1. The van der Waals surface area contributed by atoms with Crippen molar-refractivity contribution in [3.8, 4) is 0 Å². The molecule has 0 aromatic rings. The third-order valence-corrected chi connectivity index (χ3v) is 2.40. The summed E-state index contributed by atoms with van der Waals surface area (Å²) in [7, 11) is 3.40. The van der Waals surface area contributed by atoms with Crippen molar-refractivity contribution < 1.29 is 9.53 Å². The largest absolute Gasteiger partial charge is 0.383 e. The maximum atomic E-state index is 11.7. The van der Waals surface area contributed by atoms with Crippen molar-refractivity contribution >= 4 is 5.91 Å². The zero-order valence-electron chi connectivity index (χ0n) is 8.38. The van der Waals surface area contributed by atoms with E-state index in [1.165, 1.54) is 0 Å². The van der Waals surface area contributed by atoms with Crippen molar-refractivity contribution in [2.75, 3.05) is 33.9 Å². The highest BCUT2D eigenvalue weighted by Gasteiger charge is 2.24. The summed E-state index contributed by atoms with van der Waals surface area (Å²) >= 11 is 0. The van der Waals surface area contributed by atoms with Gasteiger partial charge >= 0.3 is 0 Å². The lowest BCUT2D eigenvalue weighted by Crippen LogP contribution is -2.46. The van der Waals surface area contributed by atoms with Crippen LogP contribution in [0.5, 0.6) is 0 Å². The standard InChI is InChI=1S/C9H18N2O2/c1-10-8(7-13-2)9(12)11-5-3-4-6-11/h8,10H,3-7H2,1-2H3. The highest BCUT2D eigenvalue weighted by atomic mass is 16.5. The Labute approximate surface area is 79.2 Å². The molecule has 4 nitrogen and oxygen atoms in total. The van der Waals surface area contributed by atoms with Gasteiger partial charge in [-0.15, -0.1) is 0 Å². The zero-order valence-corrected chi connectivity index (χ0v) is 8.38. The number of nitrogens with one attached hydrogen (secondary N) is 1. The van der Waals surface area contributed by atoms with Crippen molar-refractivity contribution in [3.05, 3.63) is 0 Å². The number of carbonyl (C=O) groups excluding carboxylic acids is 1. The maximum absolute atomic E-state index is 11.7. The fraction of sp³-hybridized carbons (Fsp3) is 0.889. The molecule has 13 heavy (non-hydrogen) atoms. The van der Waals surface area contributed by atoms with E-state index in [2.05, 4.69) is 5.32 Å². The second kappa shape index (κ2) is 5.19. The molecule has 1 unspecified atom stereocenters. The average Bonchev–Trinajstić information content (AvgIpc) is 2.65. The van der Waals surface area contributed by atoms with Gasteiger partial charge in [0, 0.05) is 20.2 Å². The van der Waals surface area contributed by atoms with Gasteiger partial charge in [0.2, 0.25) is 5.91 Å². The zero-order chi connectivity index (χ0) is 9.68. The minimum Gasteiger partial charge on any atom is -0.383 e. The number of rotatable bonds is 4. The molecule has 1 amide bonds. The molecule has 4 heteroatoms. The van der Waals surface area contributed by atoms with Crippen LogP contribution in [0.4, 0.5) is 0 Å². The molecule has 1 saturated heterocycles. The second-order valence-corrected chi connectivity index (χ2v) is 3.33. The number of likely N-dealkylation sites (N-methyl/N-ethyl adjacent to an activating group) is 1. The molecule has 0 aromatic heterocycles. The molecule has 1 N–H and O–H groups in total. The molecule has 0 aliphatic carbocycles. The summed E-state index contributed by atoms with van der Waals surface area (Å²) in [5.41, 5.74) is 0. The number of hydrogen-bond donors (Lipinski definition) is 1. The van der Waals surface area contributed by atoms with Crippen LogP contribution in [0.2, 0.25) is 0 Å². The van der Waals surface area contributed by atoms with Crippen LogP contribution in [0, 0.1) is 0 Å². The molecule has 1 rings (SSSR count). The van der Waals surface area contributed by atoms with E-state index in [1.807, 2.05) is 4.90 Å². The van der Waals surface area contributed by atoms with E-state index in [0.717, 1.165) is 25.9 Å². The Kier molecular flexibility index (Phi) is 4.18. The molecule has 1 atom stereocenters. The molecule has 0 saturated carbocycles. The molecule has 0 radical (unpaired) electrons. The van der Waals surface area contributed by atoms with Gasteiger partial charge < -0.3 is 15.0 Å². The van der Waals surface area contributed by atoms with Crippen LogP contribution in [0.15, 0.2) is 0 Å². The third-order valence-electron chi connectivity index (χ3n) is 2.40. The fourth-order valence-electron chi connectivity index (χ4n) is 1.60. The summed E-state index contributed by atoms with van der Waals surface area (Å²) < 4.78 is 4.97. The first-order valence-corrected chi connectivity index (χ1v) is 4.74. The summed E-state index contributed by atoms with van der Waals surface area (Å²) in [6, 6.07) is -0.178. The number of hydrogen-bond acceptors (Lipinski definition) is 3. The predicted molar refractivity (Wildman–Crippen MR) is 50.5 cm³/mol. The molecular formula is C9H18N2O2. The minimum atomic E-state index is -0.178. The summed E-state index contributed by atoms with van der Waals surface area (Å²) in [6.45, 7) is 2.26. The van der Waals surface area contributed by atoms with E-state index in [1.54, 1.807) is 14.2 Å². The van der Waals surface area contributed by atoms with Crippen molar-refractivity contribution in [2.24, 2.45) is 0 Å². The quantitative estimate of drug-likeness (QED) is 0.663. The summed E-state index contributed by atoms with van der Waals surface area (Å²) in [6.07, 6.45) is 2.27. The van der Waals surface area contributed by atoms with Gasteiger partial charge in [-0.2, -0.15) is 0 Å². The lowest BCUT2D eigenvalue weighted by molar-refractivity contribution is -0.133. The van der Waals surface area contributed by atoms with Crippen molar-refractivity contribution in [2.45, 2.75) is 18.9 Å². The van der Waals surface area contributed by atoms with Crippen molar-refractivity contribution in [1.29, 1.82) is 0 Å². The van der Waals surface area contributed by atoms with Gasteiger partial charge in [-0.25, -0.2) is 0 Å². The SMILES string of the molecule is CNC(COC)C(=O)N1CCCC1. The van der Waals surface area contributed by atoms with Crippen LogP contribution in [-0.4, -0.2) is 50.7 Å². The Balaban J connectivity index is 2.42. The fourth-order valence-corrected chi connectivity index (χ4v) is 1.60. The molecule has 76 valence electrons. The van der Waals surface area contributed by atoms with E-state index in [0.29, 0.717) is 6.61 Å². The normalized spacial score (nSPS) is 19.1. The summed E-state index contributed by atoms with van der Waals surface area (Å²) in [5, 5.41) is 2.96. The van der Waals surface area contributed by atoms with Gasteiger partial charge in [0.25, 0.3) is 0 Å². The van der Waals surface area contributed by atoms with Gasteiger partial charge in [-0.05, 0) is 19.9 Å². The van der Waals surface area contributed by atoms with Crippen LogP contribution in [0.25, 0.3) is 0 Å². The van der Waals surface area contributed by atoms with Gasteiger partial charge in [-0.1, -0.05) is 0 Å². The van der Waals surface area contributed by atoms with Crippen LogP contribution in [0.3, 0.4) is 0 Å². The number of methoxy groups -OCH3 is 1. The Morgan fingerprint density at radius 3 is 2.62 bits per heavy atom. The van der Waals surface area contributed by atoms with E-state index < -0.39 is 0 Å². The van der Waals surface area contributed by atoms with Gasteiger partial charge in [0.1, 0.15) is 6.04 Å². The third kappa shape index (κ3) is 2.67. The van der Waals surface area contributed by atoms with Crippen molar-refractivity contribution in [1.82, 2.24) is 10.2 Å². The van der Waals surface area contributed by atoms with E-state index in [9.17, 15) is 4.79 Å². The van der Waals surface area contributed by atoms with Crippen LogP contribution in [0.1, 0.15) is 12.8 Å². The van der Waals surface area contributed by atoms with Gasteiger partial charge in [0.15, 0.2) is 0 Å². The smallest absolute Gasteiger partial charge is 0.242 e. The molecule has 1 fully saturated rings. The van der Waals surface area contributed by atoms with E-state index >= 15 is 0 Å². The Hall–Kier alpha value is -0.610. The highest BCUT2D eigenvalue weighted by molar-refractivity contribution is 5.82. The lowest BCUT2D eigenvalue weighted by Gasteiger charge is -2.21. The number of amides is 1. The first-order valence-electron chi connectivity index (χ1n) is 4.74. The molecule has 1 heterocycles. The molecule has 0 bridgehead atoms. The van der Waals surface area contributed by atoms with Gasteiger partial charge in [0.05, 0.1) is 6.61 Å². The first-order chi connectivity index (χ1) is 6.29. The number of carbonyl (C=O) groups is 1.